The standard InChI is InChI=1S/C11H16FN/c1-9(13-2)11(12)8-10-6-4-3-5-7-10/h3-7,9,11,13H,8H2,1-2H3. The molecule has 0 heterocycles. The zero-order valence-electron chi connectivity index (χ0n) is 8.13. The molecule has 0 saturated heterocycles. The first-order valence-electron chi connectivity index (χ1n) is 4.59. The summed E-state index contributed by atoms with van der Waals surface area (Å²) in [5.74, 6) is 0. The van der Waals surface area contributed by atoms with Gasteiger partial charge in [0, 0.05) is 12.5 Å². The number of halogens is 1. The van der Waals surface area contributed by atoms with Gasteiger partial charge in [-0.1, -0.05) is 30.3 Å². The van der Waals surface area contributed by atoms with Crippen LogP contribution in [-0.4, -0.2) is 19.3 Å². The summed E-state index contributed by atoms with van der Waals surface area (Å²) in [4.78, 5) is 0. The Morgan fingerprint density at radius 1 is 1.31 bits per heavy atom. The van der Waals surface area contributed by atoms with Gasteiger partial charge in [0.25, 0.3) is 0 Å². The van der Waals surface area contributed by atoms with Crippen molar-refractivity contribution >= 4 is 0 Å². The van der Waals surface area contributed by atoms with E-state index in [9.17, 15) is 4.39 Å². The van der Waals surface area contributed by atoms with Gasteiger partial charge in [-0.25, -0.2) is 4.39 Å². The monoisotopic (exact) mass is 181 g/mol. The van der Waals surface area contributed by atoms with E-state index in [4.69, 9.17) is 0 Å². The van der Waals surface area contributed by atoms with Crippen molar-refractivity contribution in [3.8, 4) is 0 Å². The van der Waals surface area contributed by atoms with E-state index in [1.165, 1.54) is 0 Å². The highest BCUT2D eigenvalue weighted by molar-refractivity contribution is 5.15. The quantitative estimate of drug-likeness (QED) is 0.750. The zero-order chi connectivity index (χ0) is 9.68. The molecule has 0 aliphatic heterocycles. The Bertz CT molecular complexity index is 235. The van der Waals surface area contributed by atoms with Crippen molar-refractivity contribution in [1.82, 2.24) is 5.32 Å². The molecule has 0 radical (unpaired) electrons. The molecular weight excluding hydrogens is 165 g/mol. The van der Waals surface area contributed by atoms with Crippen LogP contribution < -0.4 is 5.32 Å². The van der Waals surface area contributed by atoms with Crippen molar-refractivity contribution in [3.63, 3.8) is 0 Å². The molecule has 1 aromatic rings. The fourth-order valence-corrected chi connectivity index (χ4v) is 1.20. The lowest BCUT2D eigenvalue weighted by atomic mass is 10.0. The molecule has 0 aliphatic carbocycles. The van der Waals surface area contributed by atoms with Crippen molar-refractivity contribution in [3.05, 3.63) is 35.9 Å². The van der Waals surface area contributed by atoms with E-state index in [1.54, 1.807) is 7.05 Å². The topological polar surface area (TPSA) is 12.0 Å². The number of nitrogens with one attached hydrogen (secondary N) is 1. The van der Waals surface area contributed by atoms with E-state index >= 15 is 0 Å². The molecule has 1 aromatic carbocycles. The van der Waals surface area contributed by atoms with Crippen LogP contribution in [0.15, 0.2) is 30.3 Å². The summed E-state index contributed by atoms with van der Waals surface area (Å²) < 4.78 is 13.4. The van der Waals surface area contributed by atoms with Gasteiger partial charge in [-0.3, -0.25) is 0 Å². The lowest BCUT2D eigenvalue weighted by Gasteiger charge is -2.15. The van der Waals surface area contributed by atoms with Crippen LogP contribution in [0.3, 0.4) is 0 Å². The van der Waals surface area contributed by atoms with Crippen LogP contribution in [-0.2, 0) is 6.42 Å². The van der Waals surface area contributed by atoms with Crippen molar-refractivity contribution in [2.24, 2.45) is 0 Å². The molecule has 1 rings (SSSR count). The molecule has 0 aliphatic rings. The summed E-state index contributed by atoms with van der Waals surface area (Å²) in [6.07, 6.45) is -0.324. The van der Waals surface area contributed by atoms with Gasteiger partial charge < -0.3 is 5.32 Å². The molecule has 72 valence electrons. The lowest BCUT2D eigenvalue weighted by Crippen LogP contribution is -2.33. The van der Waals surface area contributed by atoms with Crippen LogP contribution in [0.4, 0.5) is 4.39 Å². The van der Waals surface area contributed by atoms with Crippen LogP contribution in [0.1, 0.15) is 12.5 Å². The predicted molar refractivity (Wildman–Crippen MR) is 53.6 cm³/mol. The first-order valence-corrected chi connectivity index (χ1v) is 4.59. The van der Waals surface area contributed by atoms with Crippen molar-refractivity contribution in [2.75, 3.05) is 7.05 Å². The summed E-state index contributed by atoms with van der Waals surface area (Å²) in [5.41, 5.74) is 1.05. The highest BCUT2D eigenvalue weighted by Crippen LogP contribution is 2.08. The smallest absolute Gasteiger partial charge is 0.119 e. The van der Waals surface area contributed by atoms with E-state index < -0.39 is 6.17 Å². The van der Waals surface area contributed by atoms with Crippen molar-refractivity contribution < 1.29 is 4.39 Å². The van der Waals surface area contributed by atoms with Gasteiger partial charge in [0.1, 0.15) is 6.17 Å². The lowest BCUT2D eigenvalue weighted by molar-refractivity contribution is 0.267. The molecule has 0 amide bonds. The highest BCUT2D eigenvalue weighted by atomic mass is 19.1. The molecule has 0 bridgehead atoms. The van der Waals surface area contributed by atoms with Gasteiger partial charge in [-0.05, 0) is 19.5 Å². The summed E-state index contributed by atoms with van der Waals surface area (Å²) in [7, 11) is 1.78. The molecule has 2 unspecified atom stereocenters. The molecule has 0 fully saturated rings. The van der Waals surface area contributed by atoms with Crippen LogP contribution in [0.5, 0.6) is 0 Å². The van der Waals surface area contributed by atoms with Gasteiger partial charge >= 0.3 is 0 Å². The minimum Gasteiger partial charge on any atom is -0.314 e. The third-order valence-electron chi connectivity index (χ3n) is 2.27. The maximum atomic E-state index is 13.4. The summed E-state index contributed by atoms with van der Waals surface area (Å²) in [6, 6.07) is 9.64. The number of hydrogen-bond acceptors (Lipinski definition) is 1. The van der Waals surface area contributed by atoms with E-state index in [0.29, 0.717) is 6.42 Å². The Kier molecular flexibility index (Phi) is 3.90. The normalized spacial score (nSPS) is 15.3. The Labute approximate surface area is 79.0 Å². The Balaban J connectivity index is 2.50. The summed E-state index contributed by atoms with van der Waals surface area (Å²) in [5, 5.41) is 2.91. The molecule has 2 atom stereocenters. The summed E-state index contributed by atoms with van der Waals surface area (Å²) >= 11 is 0. The largest absolute Gasteiger partial charge is 0.314 e. The van der Waals surface area contributed by atoms with Gasteiger partial charge in [0.2, 0.25) is 0 Å². The van der Waals surface area contributed by atoms with Gasteiger partial charge in [0.15, 0.2) is 0 Å². The molecule has 0 spiro atoms. The highest BCUT2D eigenvalue weighted by Gasteiger charge is 2.14. The third kappa shape index (κ3) is 3.15. The molecule has 1 N–H and O–H groups in total. The second-order valence-electron chi connectivity index (χ2n) is 3.28. The fraction of sp³-hybridized carbons (Fsp3) is 0.455. The SMILES string of the molecule is CNC(C)C(F)Cc1ccccc1. The molecular formula is C11H16FN. The minimum atomic E-state index is -0.813. The molecule has 0 saturated carbocycles. The average Bonchev–Trinajstić information content (AvgIpc) is 2.18. The molecule has 1 nitrogen and oxygen atoms in total. The molecule has 0 aromatic heterocycles. The van der Waals surface area contributed by atoms with E-state index in [2.05, 4.69) is 5.32 Å². The predicted octanol–water partition coefficient (Wildman–Crippen LogP) is 2.18. The Morgan fingerprint density at radius 2 is 1.92 bits per heavy atom. The third-order valence-corrected chi connectivity index (χ3v) is 2.27. The van der Waals surface area contributed by atoms with E-state index in [0.717, 1.165) is 5.56 Å². The Hall–Kier alpha value is -0.890. The van der Waals surface area contributed by atoms with Crippen molar-refractivity contribution in [1.29, 1.82) is 0 Å². The number of alkyl halides is 1. The average molecular weight is 181 g/mol. The number of rotatable bonds is 4. The maximum absolute atomic E-state index is 13.4. The van der Waals surface area contributed by atoms with Crippen LogP contribution in [0, 0.1) is 0 Å². The second kappa shape index (κ2) is 4.97. The van der Waals surface area contributed by atoms with Crippen LogP contribution in [0.2, 0.25) is 0 Å². The van der Waals surface area contributed by atoms with Gasteiger partial charge in [-0.15, -0.1) is 0 Å². The van der Waals surface area contributed by atoms with E-state index in [-0.39, 0.29) is 6.04 Å². The Morgan fingerprint density at radius 3 is 2.46 bits per heavy atom. The molecule has 13 heavy (non-hydrogen) atoms. The zero-order valence-corrected chi connectivity index (χ0v) is 8.13. The van der Waals surface area contributed by atoms with Crippen molar-refractivity contribution in [2.45, 2.75) is 25.6 Å². The number of benzene rings is 1. The number of hydrogen-bond donors (Lipinski definition) is 1. The minimum absolute atomic E-state index is 0.0831. The first kappa shape index (κ1) is 10.2. The van der Waals surface area contributed by atoms with Gasteiger partial charge in [-0.2, -0.15) is 0 Å². The fourth-order valence-electron chi connectivity index (χ4n) is 1.20. The maximum Gasteiger partial charge on any atom is 0.119 e. The molecule has 2 heteroatoms. The van der Waals surface area contributed by atoms with Crippen LogP contribution >= 0.6 is 0 Å². The summed E-state index contributed by atoms with van der Waals surface area (Å²) in [6.45, 7) is 1.85. The van der Waals surface area contributed by atoms with Crippen LogP contribution in [0.25, 0.3) is 0 Å². The van der Waals surface area contributed by atoms with E-state index in [1.807, 2.05) is 37.3 Å². The first-order chi connectivity index (χ1) is 6.24. The second-order valence-corrected chi connectivity index (χ2v) is 3.28. The van der Waals surface area contributed by atoms with Gasteiger partial charge in [0.05, 0.1) is 0 Å².